The fraction of sp³-hybridized carbons (Fsp3) is 0.136. The first-order valence-corrected chi connectivity index (χ1v) is 9.86. The number of carbonyl (C=O) groups excluding carboxylic acids is 2. The van der Waals surface area contributed by atoms with E-state index in [1.54, 1.807) is 30.3 Å². The highest BCUT2D eigenvalue weighted by Gasteiger charge is 2.43. The number of ether oxygens (including phenoxy) is 2. The van der Waals surface area contributed by atoms with Gasteiger partial charge in [-0.1, -0.05) is 53.5 Å². The van der Waals surface area contributed by atoms with Crippen LogP contribution in [0.2, 0.25) is 10.0 Å². The SMILES string of the molecule is COC(=O)C1=C(C(=O)OC)N(c2cc(Cl)cc(Cl)c2O)C(N)=C(C#N)C1c1ccccc1. The molecule has 0 aromatic heterocycles. The third-order valence-corrected chi connectivity index (χ3v) is 5.37. The standard InChI is InChI=1S/C22H17Cl2N3O5/c1-31-21(29)17-16(11-6-4-3-5-7-11)13(10-25)20(26)27(18(17)22(30)32-2)15-9-12(23)8-14(24)19(15)28/h3-9,16,28H,26H2,1-2H3. The summed E-state index contributed by atoms with van der Waals surface area (Å²) in [5, 5.41) is 20.6. The number of carbonyl (C=O) groups is 2. The van der Waals surface area contributed by atoms with E-state index in [1.807, 2.05) is 6.07 Å². The van der Waals surface area contributed by atoms with Gasteiger partial charge in [-0.05, 0) is 17.7 Å². The van der Waals surface area contributed by atoms with Gasteiger partial charge in [-0.2, -0.15) is 5.26 Å². The molecule has 3 rings (SSSR count). The second kappa shape index (κ2) is 9.22. The highest BCUT2D eigenvalue weighted by Crippen LogP contribution is 2.47. The minimum Gasteiger partial charge on any atom is -0.504 e. The predicted molar refractivity (Wildman–Crippen MR) is 118 cm³/mol. The van der Waals surface area contributed by atoms with Crippen molar-refractivity contribution in [1.82, 2.24) is 0 Å². The van der Waals surface area contributed by atoms with E-state index in [0.717, 1.165) is 19.1 Å². The monoisotopic (exact) mass is 473 g/mol. The Kier molecular flexibility index (Phi) is 6.63. The van der Waals surface area contributed by atoms with E-state index in [0.29, 0.717) is 5.56 Å². The summed E-state index contributed by atoms with van der Waals surface area (Å²) in [5.74, 6) is -3.57. The zero-order chi connectivity index (χ0) is 23.6. The van der Waals surface area contributed by atoms with Gasteiger partial charge in [0.15, 0.2) is 5.75 Å². The minimum atomic E-state index is -1.03. The Morgan fingerprint density at radius 1 is 1.12 bits per heavy atom. The summed E-state index contributed by atoms with van der Waals surface area (Å²) in [7, 11) is 2.25. The van der Waals surface area contributed by atoms with Crippen LogP contribution < -0.4 is 10.6 Å². The number of aromatic hydroxyl groups is 1. The molecule has 10 heteroatoms. The zero-order valence-corrected chi connectivity index (χ0v) is 18.4. The van der Waals surface area contributed by atoms with Gasteiger partial charge in [0.25, 0.3) is 0 Å². The summed E-state index contributed by atoms with van der Waals surface area (Å²) in [4.78, 5) is 26.9. The Morgan fingerprint density at radius 2 is 1.75 bits per heavy atom. The van der Waals surface area contributed by atoms with Crippen LogP contribution in [0.5, 0.6) is 5.75 Å². The lowest BCUT2D eigenvalue weighted by Gasteiger charge is -2.36. The van der Waals surface area contributed by atoms with E-state index in [9.17, 15) is 20.0 Å². The molecule has 2 aromatic rings. The van der Waals surface area contributed by atoms with Gasteiger partial charge in [0.05, 0.1) is 48.1 Å². The van der Waals surface area contributed by atoms with Crippen LogP contribution in [0.3, 0.4) is 0 Å². The van der Waals surface area contributed by atoms with Gasteiger partial charge < -0.3 is 20.3 Å². The van der Waals surface area contributed by atoms with Gasteiger partial charge in [-0.25, -0.2) is 9.59 Å². The molecule has 8 nitrogen and oxygen atoms in total. The Morgan fingerprint density at radius 3 is 2.31 bits per heavy atom. The van der Waals surface area contributed by atoms with Crippen molar-refractivity contribution in [2.75, 3.05) is 19.1 Å². The number of halogens is 2. The van der Waals surface area contributed by atoms with Crippen molar-refractivity contribution in [2.45, 2.75) is 5.92 Å². The number of phenols is 1. The second-order valence-electron chi connectivity index (χ2n) is 6.59. The molecule has 3 N–H and O–H groups in total. The van der Waals surface area contributed by atoms with Crippen LogP contribution in [0.4, 0.5) is 5.69 Å². The molecule has 0 fully saturated rings. The molecule has 0 saturated carbocycles. The number of nitrogens with zero attached hydrogens (tertiary/aromatic N) is 2. The van der Waals surface area contributed by atoms with Crippen molar-refractivity contribution in [3.05, 3.63) is 80.7 Å². The number of phenolic OH excluding ortho intramolecular Hbond substituents is 1. The number of anilines is 1. The first-order chi connectivity index (χ1) is 15.3. The molecular weight excluding hydrogens is 457 g/mol. The third-order valence-electron chi connectivity index (χ3n) is 4.86. The topological polar surface area (TPSA) is 126 Å². The average Bonchev–Trinajstić information content (AvgIpc) is 2.80. The number of nitrogens with two attached hydrogens (primary N) is 1. The molecule has 1 atom stereocenters. The van der Waals surface area contributed by atoms with Crippen molar-refractivity contribution < 1.29 is 24.2 Å². The number of hydrogen-bond donors (Lipinski definition) is 2. The van der Waals surface area contributed by atoms with Crippen LogP contribution in [0, 0.1) is 11.3 Å². The molecule has 0 aliphatic carbocycles. The zero-order valence-electron chi connectivity index (χ0n) is 16.9. The summed E-state index contributed by atoms with van der Waals surface area (Å²) in [6.45, 7) is 0. The lowest BCUT2D eigenvalue weighted by Crippen LogP contribution is -2.40. The number of allylic oxidation sites excluding steroid dienone is 1. The Labute approximate surface area is 193 Å². The number of benzene rings is 2. The van der Waals surface area contributed by atoms with Crippen LogP contribution in [0.1, 0.15) is 11.5 Å². The Hall–Kier alpha value is -3.67. The predicted octanol–water partition coefficient (Wildman–Crippen LogP) is 3.60. The summed E-state index contributed by atoms with van der Waals surface area (Å²) in [5.41, 5.74) is 6.13. The minimum absolute atomic E-state index is 0.0558. The third kappa shape index (κ3) is 3.84. The maximum atomic E-state index is 12.9. The highest BCUT2D eigenvalue weighted by atomic mass is 35.5. The van der Waals surface area contributed by atoms with E-state index in [-0.39, 0.29) is 38.4 Å². The summed E-state index contributed by atoms with van der Waals surface area (Å²) in [6.07, 6.45) is 0. The van der Waals surface area contributed by atoms with E-state index < -0.39 is 23.6 Å². The normalized spacial score (nSPS) is 16.0. The quantitative estimate of drug-likeness (QED) is 0.644. The molecule has 0 radical (unpaired) electrons. The van der Waals surface area contributed by atoms with Gasteiger partial charge in [0.1, 0.15) is 11.5 Å². The number of nitriles is 1. The number of hydrogen-bond acceptors (Lipinski definition) is 8. The van der Waals surface area contributed by atoms with Crippen LogP contribution in [-0.4, -0.2) is 31.3 Å². The molecule has 2 aromatic carbocycles. The fourth-order valence-corrected chi connectivity index (χ4v) is 3.97. The maximum Gasteiger partial charge on any atom is 0.355 e. The lowest BCUT2D eigenvalue weighted by molar-refractivity contribution is -0.139. The van der Waals surface area contributed by atoms with Gasteiger partial charge >= 0.3 is 11.9 Å². The Balaban J connectivity index is 2.47. The number of methoxy groups -OCH3 is 2. The number of rotatable bonds is 4. The van der Waals surface area contributed by atoms with Crippen LogP contribution in [0.15, 0.2) is 65.1 Å². The molecule has 0 bridgehead atoms. The average molecular weight is 474 g/mol. The summed E-state index contributed by atoms with van der Waals surface area (Å²) < 4.78 is 9.85. The van der Waals surface area contributed by atoms with Gasteiger partial charge in [0.2, 0.25) is 0 Å². The van der Waals surface area contributed by atoms with Crippen LogP contribution in [0.25, 0.3) is 0 Å². The number of esters is 2. The molecule has 32 heavy (non-hydrogen) atoms. The highest BCUT2D eigenvalue weighted by molar-refractivity contribution is 6.36. The lowest BCUT2D eigenvalue weighted by atomic mass is 9.81. The van der Waals surface area contributed by atoms with E-state index in [2.05, 4.69) is 0 Å². The molecule has 1 unspecified atom stereocenters. The van der Waals surface area contributed by atoms with Crippen molar-refractivity contribution in [3.63, 3.8) is 0 Å². The molecule has 1 aliphatic rings. The van der Waals surface area contributed by atoms with Gasteiger partial charge in [-0.3, -0.25) is 4.90 Å². The van der Waals surface area contributed by atoms with E-state index in [1.165, 1.54) is 12.1 Å². The van der Waals surface area contributed by atoms with Crippen molar-refractivity contribution in [1.29, 1.82) is 5.26 Å². The van der Waals surface area contributed by atoms with Crippen LogP contribution in [-0.2, 0) is 19.1 Å². The maximum absolute atomic E-state index is 12.9. The summed E-state index contributed by atoms with van der Waals surface area (Å²) >= 11 is 12.2. The molecule has 0 amide bonds. The van der Waals surface area contributed by atoms with Crippen molar-refractivity contribution in [2.24, 2.45) is 5.73 Å². The smallest absolute Gasteiger partial charge is 0.355 e. The van der Waals surface area contributed by atoms with E-state index >= 15 is 0 Å². The first-order valence-electron chi connectivity index (χ1n) is 9.10. The van der Waals surface area contributed by atoms with Crippen molar-refractivity contribution >= 4 is 40.8 Å². The van der Waals surface area contributed by atoms with Crippen LogP contribution >= 0.6 is 23.2 Å². The molecule has 0 spiro atoms. The summed E-state index contributed by atoms with van der Waals surface area (Å²) in [6, 6.07) is 13.1. The van der Waals surface area contributed by atoms with Crippen molar-refractivity contribution in [3.8, 4) is 11.8 Å². The molecule has 1 heterocycles. The van der Waals surface area contributed by atoms with Gasteiger partial charge in [0, 0.05) is 5.02 Å². The second-order valence-corrected chi connectivity index (χ2v) is 7.43. The largest absolute Gasteiger partial charge is 0.504 e. The first kappa shape index (κ1) is 23.0. The molecule has 1 aliphatic heterocycles. The molecular formula is C22H17Cl2N3O5. The molecule has 164 valence electrons. The Bertz CT molecular complexity index is 1200. The van der Waals surface area contributed by atoms with E-state index in [4.69, 9.17) is 38.4 Å². The molecule has 0 saturated heterocycles. The fourth-order valence-electron chi connectivity index (χ4n) is 3.49. The van der Waals surface area contributed by atoms with Gasteiger partial charge in [-0.15, -0.1) is 0 Å².